The molecule has 7 heteroatoms. The number of rotatable bonds is 6. The molecule has 0 aliphatic rings. The molecular weight excluding hydrogens is 446 g/mol. The quantitative estimate of drug-likeness (QED) is 0.219. The van der Waals surface area contributed by atoms with E-state index >= 15 is 0 Å². The SMILES string of the molecule is O=C(C=Cc1ccc(C(=O)NN=Cc2ccc(-c3ccccc3)c(Br)c2)cc1)NO. The molecule has 150 valence electrons. The molecule has 3 aromatic rings. The van der Waals surface area contributed by atoms with Crippen molar-refractivity contribution in [3.05, 3.63) is 100 Å². The molecule has 0 aliphatic carbocycles. The number of hydrogen-bond donors (Lipinski definition) is 3. The molecule has 30 heavy (non-hydrogen) atoms. The molecule has 0 saturated heterocycles. The van der Waals surface area contributed by atoms with Crippen LogP contribution in [0.25, 0.3) is 17.2 Å². The first-order valence-corrected chi connectivity index (χ1v) is 9.77. The standard InChI is InChI=1S/C23H18BrN3O3/c24-21-14-17(8-12-20(21)18-4-2-1-3-5-18)15-25-26-23(29)19-10-6-16(7-11-19)9-13-22(28)27-30/h1-15,30H,(H,26,29)(H,27,28). The Morgan fingerprint density at radius 3 is 2.30 bits per heavy atom. The van der Waals surface area contributed by atoms with E-state index in [1.165, 1.54) is 17.6 Å². The molecular formula is C23H18BrN3O3. The van der Waals surface area contributed by atoms with Crippen LogP contribution in [0.2, 0.25) is 0 Å². The van der Waals surface area contributed by atoms with Crippen molar-refractivity contribution in [2.75, 3.05) is 0 Å². The van der Waals surface area contributed by atoms with Gasteiger partial charge in [-0.1, -0.05) is 70.5 Å². The summed E-state index contributed by atoms with van der Waals surface area (Å²) in [5, 5.41) is 12.5. The summed E-state index contributed by atoms with van der Waals surface area (Å²) >= 11 is 3.58. The molecule has 0 saturated carbocycles. The summed E-state index contributed by atoms with van der Waals surface area (Å²) in [5.74, 6) is -0.982. The number of hydrogen-bond acceptors (Lipinski definition) is 4. The number of carbonyl (C=O) groups excluding carboxylic acids is 2. The zero-order chi connectivity index (χ0) is 21.3. The second-order valence-corrected chi connectivity index (χ2v) is 7.09. The van der Waals surface area contributed by atoms with E-state index in [2.05, 4.69) is 26.5 Å². The Balaban J connectivity index is 1.61. The molecule has 0 aromatic heterocycles. The fraction of sp³-hybridized carbons (Fsp3) is 0. The van der Waals surface area contributed by atoms with Crippen molar-refractivity contribution in [3.8, 4) is 11.1 Å². The summed E-state index contributed by atoms with van der Waals surface area (Å²) in [5.41, 5.74) is 8.15. The molecule has 3 aromatic carbocycles. The highest BCUT2D eigenvalue weighted by atomic mass is 79.9. The van der Waals surface area contributed by atoms with Gasteiger partial charge in [-0.05, 0) is 46.5 Å². The molecule has 2 amide bonds. The van der Waals surface area contributed by atoms with Gasteiger partial charge in [-0.15, -0.1) is 0 Å². The first-order chi connectivity index (χ1) is 14.6. The maximum Gasteiger partial charge on any atom is 0.271 e. The first-order valence-electron chi connectivity index (χ1n) is 8.97. The van der Waals surface area contributed by atoms with E-state index in [0.717, 1.165) is 21.2 Å². The Hall–Kier alpha value is -3.55. The highest BCUT2D eigenvalue weighted by Gasteiger charge is 2.05. The van der Waals surface area contributed by atoms with Crippen LogP contribution in [-0.4, -0.2) is 23.2 Å². The van der Waals surface area contributed by atoms with Gasteiger partial charge in [0.25, 0.3) is 11.8 Å². The van der Waals surface area contributed by atoms with E-state index in [-0.39, 0.29) is 5.91 Å². The van der Waals surface area contributed by atoms with Crippen molar-refractivity contribution < 1.29 is 14.8 Å². The van der Waals surface area contributed by atoms with Gasteiger partial charge < -0.3 is 0 Å². The number of hydroxylamine groups is 1. The third-order valence-electron chi connectivity index (χ3n) is 4.17. The summed E-state index contributed by atoms with van der Waals surface area (Å²) in [7, 11) is 0. The lowest BCUT2D eigenvalue weighted by molar-refractivity contribution is -0.124. The lowest BCUT2D eigenvalue weighted by Crippen LogP contribution is -2.17. The van der Waals surface area contributed by atoms with Crippen molar-refractivity contribution in [1.29, 1.82) is 0 Å². The minimum absolute atomic E-state index is 0.352. The van der Waals surface area contributed by atoms with Crippen LogP contribution in [0.5, 0.6) is 0 Å². The number of nitrogens with one attached hydrogen (secondary N) is 2. The smallest absolute Gasteiger partial charge is 0.271 e. The molecule has 0 fully saturated rings. The van der Waals surface area contributed by atoms with Crippen molar-refractivity contribution in [2.45, 2.75) is 0 Å². The summed E-state index contributed by atoms with van der Waals surface area (Å²) in [6.45, 7) is 0. The Morgan fingerprint density at radius 2 is 1.63 bits per heavy atom. The van der Waals surface area contributed by atoms with Gasteiger partial charge >= 0.3 is 0 Å². The van der Waals surface area contributed by atoms with Gasteiger partial charge in [0.2, 0.25) is 0 Å². The number of carbonyl (C=O) groups is 2. The third-order valence-corrected chi connectivity index (χ3v) is 4.82. The maximum absolute atomic E-state index is 12.2. The Bertz CT molecular complexity index is 1090. The second-order valence-electron chi connectivity index (χ2n) is 6.24. The average Bonchev–Trinajstić information content (AvgIpc) is 2.78. The molecule has 6 nitrogen and oxygen atoms in total. The summed E-state index contributed by atoms with van der Waals surface area (Å²) in [4.78, 5) is 23.2. The van der Waals surface area contributed by atoms with Crippen molar-refractivity contribution in [2.24, 2.45) is 5.10 Å². The highest BCUT2D eigenvalue weighted by Crippen LogP contribution is 2.28. The van der Waals surface area contributed by atoms with Gasteiger partial charge in [-0.2, -0.15) is 5.10 Å². The molecule has 3 N–H and O–H groups in total. The van der Waals surface area contributed by atoms with E-state index in [0.29, 0.717) is 11.1 Å². The van der Waals surface area contributed by atoms with E-state index < -0.39 is 5.91 Å². The van der Waals surface area contributed by atoms with Crippen LogP contribution in [0.1, 0.15) is 21.5 Å². The van der Waals surface area contributed by atoms with Gasteiger partial charge in [0.15, 0.2) is 0 Å². The van der Waals surface area contributed by atoms with Crippen LogP contribution in [0.3, 0.4) is 0 Å². The van der Waals surface area contributed by atoms with Crippen LogP contribution in [-0.2, 0) is 4.79 Å². The van der Waals surface area contributed by atoms with Crippen molar-refractivity contribution >= 4 is 40.0 Å². The molecule has 0 atom stereocenters. The Kier molecular flexibility index (Phi) is 7.26. The zero-order valence-corrected chi connectivity index (χ0v) is 17.3. The van der Waals surface area contributed by atoms with Crippen LogP contribution in [0, 0.1) is 0 Å². The molecule has 0 radical (unpaired) electrons. The molecule has 0 aliphatic heterocycles. The van der Waals surface area contributed by atoms with Gasteiger partial charge in [-0.25, -0.2) is 10.9 Å². The van der Waals surface area contributed by atoms with Gasteiger partial charge in [0, 0.05) is 16.1 Å². The Morgan fingerprint density at radius 1 is 0.933 bits per heavy atom. The second kappa shape index (κ2) is 10.3. The number of halogens is 1. The van der Waals surface area contributed by atoms with Gasteiger partial charge in [0.05, 0.1) is 6.21 Å². The minimum Gasteiger partial charge on any atom is -0.288 e. The van der Waals surface area contributed by atoms with Crippen LogP contribution < -0.4 is 10.9 Å². The van der Waals surface area contributed by atoms with Crippen molar-refractivity contribution in [1.82, 2.24) is 10.9 Å². The highest BCUT2D eigenvalue weighted by molar-refractivity contribution is 9.10. The molecule has 0 unspecified atom stereocenters. The summed E-state index contributed by atoms with van der Waals surface area (Å²) < 4.78 is 0.933. The molecule has 0 heterocycles. The number of benzene rings is 3. The largest absolute Gasteiger partial charge is 0.288 e. The monoisotopic (exact) mass is 463 g/mol. The predicted molar refractivity (Wildman–Crippen MR) is 120 cm³/mol. The number of nitrogens with zero attached hydrogens (tertiary/aromatic N) is 1. The number of amides is 2. The minimum atomic E-state index is -0.630. The fourth-order valence-electron chi connectivity index (χ4n) is 2.65. The first kappa shape index (κ1) is 21.2. The van der Waals surface area contributed by atoms with Crippen molar-refractivity contribution in [3.63, 3.8) is 0 Å². The zero-order valence-electron chi connectivity index (χ0n) is 15.7. The summed E-state index contributed by atoms with van der Waals surface area (Å²) in [6.07, 6.45) is 4.27. The lowest BCUT2D eigenvalue weighted by atomic mass is 10.0. The number of hydrazone groups is 1. The molecule has 3 rings (SSSR count). The lowest BCUT2D eigenvalue weighted by Gasteiger charge is -2.05. The van der Waals surface area contributed by atoms with Crippen LogP contribution in [0.4, 0.5) is 0 Å². The van der Waals surface area contributed by atoms with Crippen LogP contribution in [0.15, 0.2) is 88.4 Å². The maximum atomic E-state index is 12.2. The predicted octanol–water partition coefficient (Wildman–Crippen LogP) is 4.40. The van der Waals surface area contributed by atoms with Crippen LogP contribution >= 0.6 is 15.9 Å². The van der Waals surface area contributed by atoms with E-state index in [9.17, 15) is 9.59 Å². The summed E-state index contributed by atoms with van der Waals surface area (Å²) in [6, 6.07) is 22.5. The van der Waals surface area contributed by atoms with E-state index in [1.54, 1.807) is 30.5 Å². The van der Waals surface area contributed by atoms with E-state index in [1.807, 2.05) is 48.5 Å². The normalized spacial score (nSPS) is 11.0. The fourth-order valence-corrected chi connectivity index (χ4v) is 3.27. The van der Waals surface area contributed by atoms with E-state index in [4.69, 9.17) is 5.21 Å². The molecule has 0 bridgehead atoms. The Labute approximate surface area is 182 Å². The molecule has 0 spiro atoms. The van der Waals surface area contributed by atoms with Gasteiger partial charge in [0.1, 0.15) is 0 Å². The third kappa shape index (κ3) is 5.73. The average molecular weight is 464 g/mol. The van der Waals surface area contributed by atoms with Gasteiger partial charge in [-0.3, -0.25) is 14.8 Å². The topological polar surface area (TPSA) is 90.8 Å².